The predicted octanol–water partition coefficient (Wildman–Crippen LogP) is 2.67. The van der Waals surface area contributed by atoms with Gasteiger partial charge in [-0.1, -0.05) is 31.5 Å². The van der Waals surface area contributed by atoms with Crippen molar-refractivity contribution in [3.63, 3.8) is 0 Å². The number of unbranched alkanes of at least 4 members (excludes halogenated alkanes) is 3. The lowest BCUT2D eigenvalue weighted by Crippen LogP contribution is -2.36. The van der Waals surface area contributed by atoms with Crippen LogP contribution in [0.2, 0.25) is 0 Å². The molecule has 0 radical (unpaired) electrons. The van der Waals surface area contributed by atoms with E-state index in [0.717, 1.165) is 50.0 Å². The molecular weight excluding hydrogens is 370 g/mol. The smallest absolute Gasteiger partial charge is 0.315 e. The van der Waals surface area contributed by atoms with Crippen molar-refractivity contribution >= 4 is 40.6 Å². The quantitative estimate of drug-likeness (QED) is 0.346. The van der Waals surface area contributed by atoms with E-state index < -0.39 is 0 Å². The van der Waals surface area contributed by atoms with E-state index in [4.69, 9.17) is 0 Å². The molecule has 0 aromatic carbocycles. The van der Waals surface area contributed by atoms with Crippen LogP contribution in [0.15, 0.2) is 0 Å². The second kappa shape index (κ2) is 11.7. The average molecular weight is 402 g/mol. The Bertz CT molecular complexity index is 490. The van der Waals surface area contributed by atoms with Crippen LogP contribution in [0.4, 0.5) is 4.79 Å². The second-order valence-electron chi connectivity index (χ2n) is 6.83. The maximum Gasteiger partial charge on any atom is 0.315 e. The van der Waals surface area contributed by atoms with Gasteiger partial charge in [-0.25, -0.2) is 4.79 Å². The predicted molar refractivity (Wildman–Crippen MR) is 109 cm³/mol. The third-order valence-corrected chi connectivity index (χ3v) is 7.09. The van der Waals surface area contributed by atoms with Gasteiger partial charge in [-0.2, -0.15) is 11.8 Å². The number of carbonyl (C=O) groups is 3. The molecule has 0 bridgehead atoms. The molecule has 0 aromatic rings. The molecule has 2 rings (SSSR count). The molecule has 0 saturated carbocycles. The van der Waals surface area contributed by atoms with E-state index in [1.54, 1.807) is 0 Å². The first-order valence-electron chi connectivity index (χ1n) is 9.71. The standard InChI is InChI=1S/C18H31N3O3S2/c1-2-25-16(23)10-4-3-7-11-19-15(22)9-6-5-8-14-17-13(12-26-14)20-18(24)21-17/h13-14,17H,2-12H2,1H3,(H,19,22)(H2,20,21,24)/t13-,14-,17-/m0/s1. The Morgan fingerprint density at radius 2 is 1.96 bits per heavy atom. The lowest BCUT2D eigenvalue weighted by atomic mass is 10.0. The molecule has 0 spiro atoms. The van der Waals surface area contributed by atoms with Gasteiger partial charge >= 0.3 is 6.03 Å². The first-order valence-corrected chi connectivity index (χ1v) is 11.7. The minimum absolute atomic E-state index is 0.0434. The van der Waals surface area contributed by atoms with Crippen LogP contribution in [0.3, 0.4) is 0 Å². The summed E-state index contributed by atoms with van der Waals surface area (Å²) in [4.78, 5) is 34.6. The highest BCUT2D eigenvalue weighted by Crippen LogP contribution is 2.33. The first kappa shape index (κ1) is 21.4. The van der Waals surface area contributed by atoms with Crippen LogP contribution in [0.1, 0.15) is 58.3 Å². The molecular formula is C18H31N3O3S2. The maximum atomic E-state index is 11.9. The van der Waals surface area contributed by atoms with Gasteiger partial charge in [0.2, 0.25) is 5.91 Å². The van der Waals surface area contributed by atoms with E-state index >= 15 is 0 Å². The molecule has 0 aromatic heterocycles. The van der Waals surface area contributed by atoms with Gasteiger partial charge < -0.3 is 16.0 Å². The summed E-state index contributed by atoms with van der Waals surface area (Å²) < 4.78 is 0. The van der Waals surface area contributed by atoms with Gasteiger partial charge in [-0.15, -0.1) is 0 Å². The SMILES string of the molecule is CCSC(=O)CCCCCNC(=O)CCCC[C@@H]1SC[C@@H]2NC(=O)N[C@@H]21. The molecule has 2 saturated heterocycles. The van der Waals surface area contributed by atoms with Crippen LogP contribution < -0.4 is 16.0 Å². The number of hydrogen-bond acceptors (Lipinski definition) is 5. The number of amides is 3. The summed E-state index contributed by atoms with van der Waals surface area (Å²) in [5, 5.41) is 9.66. The monoisotopic (exact) mass is 401 g/mol. The first-order chi connectivity index (χ1) is 12.6. The molecule has 2 aliphatic heterocycles. The maximum absolute atomic E-state index is 11.9. The number of urea groups is 1. The molecule has 0 aliphatic carbocycles. The van der Waals surface area contributed by atoms with E-state index in [0.29, 0.717) is 24.6 Å². The van der Waals surface area contributed by atoms with E-state index in [-0.39, 0.29) is 29.1 Å². The van der Waals surface area contributed by atoms with Crippen LogP contribution in [-0.4, -0.2) is 52.4 Å². The Morgan fingerprint density at radius 3 is 2.77 bits per heavy atom. The van der Waals surface area contributed by atoms with Crippen molar-refractivity contribution in [3.8, 4) is 0 Å². The van der Waals surface area contributed by atoms with Gasteiger partial charge in [0.1, 0.15) is 0 Å². The Balaban J connectivity index is 1.42. The van der Waals surface area contributed by atoms with E-state index in [9.17, 15) is 14.4 Å². The van der Waals surface area contributed by atoms with Crippen LogP contribution in [-0.2, 0) is 9.59 Å². The zero-order valence-corrected chi connectivity index (χ0v) is 17.2. The fraction of sp³-hybridized carbons (Fsp3) is 0.833. The van der Waals surface area contributed by atoms with E-state index in [1.165, 1.54) is 11.8 Å². The van der Waals surface area contributed by atoms with Crippen molar-refractivity contribution in [2.24, 2.45) is 0 Å². The summed E-state index contributed by atoms with van der Waals surface area (Å²) >= 11 is 3.31. The molecule has 2 fully saturated rings. The molecule has 2 heterocycles. The summed E-state index contributed by atoms with van der Waals surface area (Å²) in [5.41, 5.74) is 0. The molecule has 3 atom stereocenters. The van der Waals surface area contributed by atoms with Crippen molar-refractivity contribution in [1.29, 1.82) is 0 Å². The van der Waals surface area contributed by atoms with Gasteiger partial charge in [0, 0.05) is 30.4 Å². The van der Waals surface area contributed by atoms with E-state index in [1.807, 2.05) is 18.7 Å². The highest BCUT2D eigenvalue weighted by atomic mass is 32.2. The van der Waals surface area contributed by atoms with Crippen molar-refractivity contribution in [1.82, 2.24) is 16.0 Å². The number of thioether (sulfide) groups is 2. The summed E-state index contributed by atoms with van der Waals surface area (Å²) in [6, 6.07) is 0.485. The van der Waals surface area contributed by atoms with Crippen LogP contribution in [0, 0.1) is 0 Å². The Hall–Kier alpha value is -0.890. The van der Waals surface area contributed by atoms with Crippen molar-refractivity contribution in [2.45, 2.75) is 75.6 Å². The Kier molecular flexibility index (Phi) is 9.67. The molecule has 26 heavy (non-hydrogen) atoms. The zero-order chi connectivity index (χ0) is 18.8. The summed E-state index contributed by atoms with van der Waals surface area (Å²) in [6.45, 7) is 2.69. The summed E-state index contributed by atoms with van der Waals surface area (Å²) in [6.07, 6.45) is 7.00. The number of carbonyl (C=O) groups excluding carboxylic acids is 3. The molecule has 2 aliphatic rings. The van der Waals surface area contributed by atoms with Gasteiger partial charge in [0.25, 0.3) is 0 Å². The number of hydrogen-bond donors (Lipinski definition) is 3. The molecule has 0 unspecified atom stereocenters. The zero-order valence-electron chi connectivity index (χ0n) is 15.6. The topological polar surface area (TPSA) is 87.3 Å². The second-order valence-corrected chi connectivity index (χ2v) is 9.43. The van der Waals surface area contributed by atoms with Crippen molar-refractivity contribution < 1.29 is 14.4 Å². The highest BCUT2D eigenvalue weighted by Gasteiger charge is 2.42. The summed E-state index contributed by atoms with van der Waals surface area (Å²) in [5.74, 6) is 1.95. The van der Waals surface area contributed by atoms with Gasteiger partial charge in [-0.3, -0.25) is 9.59 Å². The minimum Gasteiger partial charge on any atom is -0.356 e. The largest absolute Gasteiger partial charge is 0.356 e. The van der Waals surface area contributed by atoms with Gasteiger partial charge in [0.15, 0.2) is 5.12 Å². The third-order valence-electron chi connectivity index (χ3n) is 4.77. The summed E-state index contributed by atoms with van der Waals surface area (Å²) in [7, 11) is 0. The third kappa shape index (κ3) is 7.39. The number of rotatable bonds is 12. The molecule has 3 amide bonds. The van der Waals surface area contributed by atoms with Gasteiger partial charge in [0.05, 0.1) is 12.1 Å². The lowest BCUT2D eigenvalue weighted by molar-refractivity contribution is -0.121. The number of nitrogens with one attached hydrogen (secondary N) is 3. The Labute approximate surface area is 164 Å². The fourth-order valence-electron chi connectivity index (χ4n) is 3.39. The molecule has 6 nitrogen and oxygen atoms in total. The van der Waals surface area contributed by atoms with Crippen molar-refractivity contribution in [3.05, 3.63) is 0 Å². The van der Waals surface area contributed by atoms with Crippen LogP contribution in [0.25, 0.3) is 0 Å². The minimum atomic E-state index is -0.0434. The van der Waals surface area contributed by atoms with Crippen LogP contribution in [0.5, 0.6) is 0 Å². The Morgan fingerprint density at radius 1 is 1.15 bits per heavy atom. The molecule has 3 N–H and O–H groups in total. The van der Waals surface area contributed by atoms with Crippen LogP contribution >= 0.6 is 23.5 Å². The van der Waals surface area contributed by atoms with Gasteiger partial charge in [-0.05, 0) is 31.4 Å². The average Bonchev–Trinajstić information content (AvgIpc) is 3.14. The van der Waals surface area contributed by atoms with Crippen molar-refractivity contribution in [2.75, 3.05) is 18.1 Å². The molecule has 8 heteroatoms. The fourth-order valence-corrected chi connectivity index (χ4v) is 5.55. The molecule has 148 valence electrons. The van der Waals surface area contributed by atoms with E-state index in [2.05, 4.69) is 16.0 Å². The normalized spacial score (nSPS) is 24.0. The number of fused-ring (bicyclic) bond motifs is 1. The lowest BCUT2D eigenvalue weighted by Gasteiger charge is -2.16. The highest BCUT2D eigenvalue weighted by molar-refractivity contribution is 8.13.